The molecule has 6 heteroatoms. The Morgan fingerprint density at radius 2 is 1.61 bits per heavy atom. The van der Waals surface area contributed by atoms with E-state index in [1.165, 1.54) is 4.90 Å². The molecule has 31 heavy (non-hydrogen) atoms. The molecular formula is C25H20ClNO3S. The quantitative estimate of drug-likeness (QED) is 0.405. The Hall–Kier alpha value is -3.02. The largest absolute Gasteiger partial charge is 0.488 e. The molecule has 0 N–H and O–H groups in total. The average Bonchev–Trinajstić information content (AvgIpc) is 3.03. The van der Waals surface area contributed by atoms with Crippen LogP contribution in [0.2, 0.25) is 5.02 Å². The van der Waals surface area contributed by atoms with Gasteiger partial charge in [-0.25, -0.2) is 0 Å². The molecular weight excluding hydrogens is 430 g/mol. The van der Waals surface area contributed by atoms with Crippen molar-refractivity contribution in [3.8, 4) is 5.75 Å². The van der Waals surface area contributed by atoms with Crippen LogP contribution in [-0.2, 0) is 17.9 Å². The molecule has 4 nitrogen and oxygen atoms in total. The lowest BCUT2D eigenvalue weighted by Crippen LogP contribution is -2.27. The highest BCUT2D eigenvalue weighted by molar-refractivity contribution is 8.18. The van der Waals surface area contributed by atoms with E-state index in [4.69, 9.17) is 16.3 Å². The predicted octanol–water partition coefficient (Wildman–Crippen LogP) is 6.46. The van der Waals surface area contributed by atoms with E-state index in [1.54, 1.807) is 6.08 Å². The summed E-state index contributed by atoms with van der Waals surface area (Å²) in [5.74, 6) is 0.326. The molecule has 0 unspecified atom stereocenters. The summed E-state index contributed by atoms with van der Waals surface area (Å²) in [6.07, 6.45) is 1.71. The molecule has 1 fully saturated rings. The lowest BCUT2D eigenvalue weighted by Gasteiger charge is -2.14. The number of benzene rings is 3. The number of carbonyl (C=O) groups excluding carboxylic acids is 2. The molecule has 4 rings (SSSR count). The highest BCUT2D eigenvalue weighted by Crippen LogP contribution is 2.35. The summed E-state index contributed by atoms with van der Waals surface area (Å²) < 4.78 is 5.97. The summed E-state index contributed by atoms with van der Waals surface area (Å²) in [5.41, 5.74) is 3.60. The molecule has 0 saturated carbocycles. The van der Waals surface area contributed by atoms with Gasteiger partial charge in [-0.05, 0) is 48.0 Å². The highest BCUT2D eigenvalue weighted by Gasteiger charge is 2.35. The lowest BCUT2D eigenvalue weighted by atomic mass is 10.1. The van der Waals surface area contributed by atoms with Crippen LogP contribution in [0.3, 0.4) is 0 Å². The van der Waals surface area contributed by atoms with E-state index in [0.29, 0.717) is 22.3 Å². The number of hydrogen-bond acceptors (Lipinski definition) is 4. The zero-order valence-corrected chi connectivity index (χ0v) is 18.5. The zero-order chi connectivity index (χ0) is 21.8. The standard InChI is InChI=1S/C25H20ClNO3S/c1-17-8-2-3-10-19(17)15-27-24(28)23(31-25(27)29)14-18-9-5-7-13-22(18)30-16-20-11-4-6-12-21(20)26/h2-14H,15-16H2,1H3/b23-14-. The van der Waals surface area contributed by atoms with Crippen LogP contribution >= 0.6 is 23.4 Å². The molecule has 0 atom stereocenters. The van der Waals surface area contributed by atoms with Gasteiger partial charge in [0.05, 0.1) is 11.4 Å². The third-order valence-electron chi connectivity index (χ3n) is 5.01. The molecule has 3 aromatic carbocycles. The van der Waals surface area contributed by atoms with Gasteiger partial charge in [0.2, 0.25) is 0 Å². The second kappa shape index (κ2) is 9.41. The maximum Gasteiger partial charge on any atom is 0.293 e. The summed E-state index contributed by atoms with van der Waals surface area (Å²) in [6, 6.07) is 22.7. The third-order valence-corrected chi connectivity index (χ3v) is 6.29. The number of halogens is 1. The number of amides is 2. The summed E-state index contributed by atoms with van der Waals surface area (Å²) >= 11 is 7.16. The summed E-state index contributed by atoms with van der Waals surface area (Å²) in [5, 5.41) is 0.367. The van der Waals surface area contributed by atoms with E-state index in [-0.39, 0.29) is 17.7 Å². The third kappa shape index (κ3) is 4.84. The van der Waals surface area contributed by atoms with E-state index in [9.17, 15) is 9.59 Å². The van der Waals surface area contributed by atoms with Crippen molar-refractivity contribution in [3.63, 3.8) is 0 Å². The number of ether oxygens (including phenoxy) is 1. The van der Waals surface area contributed by atoms with Crippen molar-refractivity contribution >= 4 is 40.6 Å². The minimum atomic E-state index is -0.292. The number of rotatable bonds is 6. The van der Waals surface area contributed by atoms with Gasteiger partial charge in [0, 0.05) is 16.1 Å². The first kappa shape index (κ1) is 21.2. The van der Waals surface area contributed by atoms with Crippen molar-refractivity contribution in [1.82, 2.24) is 4.90 Å². The zero-order valence-electron chi connectivity index (χ0n) is 16.9. The smallest absolute Gasteiger partial charge is 0.293 e. The topological polar surface area (TPSA) is 46.6 Å². The number of carbonyl (C=O) groups is 2. The molecule has 1 heterocycles. The number of para-hydroxylation sites is 1. The number of hydrogen-bond donors (Lipinski definition) is 0. The van der Waals surface area contributed by atoms with Crippen molar-refractivity contribution in [2.45, 2.75) is 20.1 Å². The van der Waals surface area contributed by atoms with Crippen LogP contribution < -0.4 is 4.74 Å². The molecule has 156 valence electrons. The van der Waals surface area contributed by atoms with Gasteiger partial charge in [-0.2, -0.15) is 0 Å². The first-order valence-corrected chi connectivity index (χ1v) is 11.0. The maximum absolute atomic E-state index is 12.9. The molecule has 0 spiro atoms. The van der Waals surface area contributed by atoms with Gasteiger partial charge in [0.1, 0.15) is 12.4 Å². The van der Waals surface area contributed by atoms with Crippen LogP contribution in [0, 0.1) is 6.92 Å². The van der Waals surface area contributed by atoms with Crippen molar-refractivity contribution in [1.29, 1.82) is 0 Å². The molecule has 1 saturated heterocycles. The highest BCUT2D eigenvalue weighted by atomic mass is 35.5. The number of imide groups is 1. The fraction of sp³-hybridized carbons (Fsp3) is 0.120. The molecule has 3 aromatic rings. The van der Waals surface area contributed by atoms with Crippen molar-refractivity contribution in [3.05, 3.63) is 105 Å². The normalized spacial score (nSPS) is 15.0. The minimum absolute atomic E-state index is 0.263. The SMILES string of the molecule is Cc1ccccc1CN1C(=O)S/C(=C\c2ccccc2OCc2ccccc2Cl)C1=O. The first-order valence-electron chi connectivity index (χ1n) is 9.78. The Labute approximate surface area is 190 Å². The van der Waals surface area contributed by atoms with Crippen LogP contribution in [0.15, 0.2) is 77.7 Å². The van der Waals surface area contributed by atoms with Gasteiger partial charge >= 0.3 is 0 Å². The Morgan fingerprint density at radius 1 is 0.935 bits per heavy atom. The summed E-state index contributed by atoms with van der Waals surface area (Å²) in [7, 11) is 0. The van der Waals surface area contributed by atoms with Crippen LogP contribution in [0.1, 0.15) is 22.3 Å². The van der Waals surface area contributed by atoms with Crippen LogP contribution in [-0.4, -0.2) is 16.0 Å². The van der Waals surface area contributed by atoms with Gasteiger partial charge in [0.25, 0.3) is 11.1 Å². The molecule has 0 radical (unpaired) electrons. The predicted molar refractivity (Wildman–Crippen MR) is 125 cm³/mol. The van der Waals surface area contributed by atoms with E-state index >= 15 is 0 Å². The van der Waals surface area contributed by atoms with Crippen molar-refractivity contribution in [2.24, 2.45) is 0 Å². The second-order valence-corrected chi connectivity index (χ2v) is 8.51. The van der Waals surface area contributed by atoms with Gasteiger partial charge in [-0.15, -0.1) is 0 Å². The van der Waals surface area contributed by atoms with Gasteiger partial charge in [0.15, 0.2) is 0 Å². The molecule has 0 bridgehead atoms. The minimum Gasteiger partial charge on any atom is -0.488 e. The number of aryl methyl sites for hydroxylation is 1. The molecule has 0 aromatic heterocycles. The van der Waals surface area contributed by atoms with E-state index < -0.39 is 0 Å². The molecule has 2 amide bonds. The van der Waals surface area contributed by atoms with E-state index in [0.717, 1.165) is 34.0 Å². The first-order chi connectivity index (χ1) is 15.0. The van der Waals surface area contributed by atoms with Crippen LogP contribution in [0.5, 0.6) is 5.75 Å². The maximum atomic E-state index is 12.9. The van der Waals surface area contributed by atoms with Gasteiger partial charge < -0.3 is 4.74 Å². The Morgan fingerprint density at radius 3 is 2.39 bits per heavy atom. The van der Waals surface area contributed by atoms with E-state index in [2.05, 4.69) is 0 Å². The van der Waals surface area contributed by atoms with E-state index in [1.807, 2.05) is 79.7 Å². The van der Waals surface area contributed by atoms with Crippen molar-refractivity contribution < 1.29 is 14.3 Å². The summed E-state index contributed by atoms with van der Waals surface area (Å²) in [4.78, 5) is 27.1. The Bertz CT molecular complexity index is 1170. The van der Waals surface area contributed by atoms with Gasteiger partial charge in [-0.1, -0.05) is 72.3 Å². The Balaban J connectivity index is 1.54. The molecule has 0 aliphatic carbocycles. The second-order valence-electron chi connectivity index (χ2n) is 7.11. The van der Waals surface area contributed by atoms with Crippen LogP contribution in [0.25, 0.3) is 6.08 Å². The lowest BCUT2D eigenvalue weighted by molar-refractivity contribution is -0.123. The fourth-order valence-electron chi connectivity index (χ4n) is 3.24. The number of thioether (sulfide) groups is 1. The van der Waals surface area contributed by atoms with Gasteiger partial charge in [-0.3, -0.25) is 14.5 Å². The van der Waals surface area contributed by atoms with Crippen LogP contribution in [0.4, 0.5) is 4.79 Å². The molecule has 1 aliphatic heterocycles. The monoisotopic (exact) mass is 449 g/mol. The van der Waals surface area contributed by atoms with Crippen molar-refractivity contribution in [2.75, 3.05) is 0 Å². The fourth-order valence-corrected chi connectivity index (χ4v) is 4.26. The Kier molecular flexibility index (Phi) is 6.44. The molecule has 1 aliphatic rings. The average molecular weight is 450 g/mol. The number of nitrogens with zero attached hydrogens (tertiary/aromatic N) is 1. The summed E-state index contributed by atoms with van der Waals surface area (Å²) in [6.45, 7) is 2.54.